The van der Waals surface area contributed by atoms with Gasteiger partial charge in [0.25, 0.3) is 0 Å². The number of ether oxygens (including phenoxy) is 1. The highest BCUT2D eigenvalue weighted by Gasteiger charge is 2.22. The third-order valence-electron chi connectivity index (χ3n) is 5.28. The minimum absolute atomic E-state index is 0.0108. The molecule has 3 aromatic carbocycles. The number of nitriles is 1. The number of sulfone groups is 1. The van der Waals surface area contributed by atoms with Gasteiger partial charge in [-0.05, 0) is 72.7 Å². The van der Waals surface area contributed by atoms with Crippen molar-refractivity contribution in [2.45, 2.75) is 18.7 Å². The van der Waals surface area contributed by atoms with Crippen molar-refractivity contribution < 1.29 is 13.2 Å². The van der Waals surface area contributed by atoms with Crippen LogP contribution in [0.1, 0.15) is 19.4 Å². The van der Waals surface area contributed by atoms with Crippen LogP contribution >= 0.6 is 11.6 Å². The highest BCUT2D eigenvalue weighted by molar-refractivity contribution is 7.95. The molecule has 0 bridgehead atoms. The molecule has 0 N–H and O–H groups in total. The molecule has 0 atom stereocenters. The van der Waals surface area contributed by atoms with Gasteiger partial charge in [0, 0.05) is 22.3 Å². The van der Waals surface area contributed by atoms with Gasteiger partial charge in [-0.15, -0.1) is 0 Å². The van der Waals surface area contributed by atoms with Crippen LogP contribution in [0.4, 0.5) is 0 Å². The largest absolute Gasteiger partial charge is 0.493 e. The maximum atomic E-state index is 13.2. The SMILES string of the molecule is CC(C)COc1ccc(-c2nn(-c3ccccc3)cc2C=C(C#N)S(=O)(=O)c2ccc(Cl)cc2)cc1. The molecule has 0 spiro atoms. The third kappa shape index (κ3) is 5.68. The molecule has 4 aromatic rings. The molecule has 1 heterocycles. The maximum absolute atomic E-state index is 13.2. The van der Waals surface area contributed by atoms with Crippen molar-refractivity contribution in [3.8, 4) is 28.8 Å². The molecule has 0 aliphatic rings. The van der Waals surface area contributed by atoms with E-state index < -0.39 is 14.7 Å². The number of allylic oxidation sites excluding steroid dienone is 1. The first-order chi connectivity index (χ1) is 17.3. The van der Waals surface area contributed by atoms with E-state index in [1.54, 1.807) is 10.9 Å². The summed E-state index contributed by atoms with van der Waals surface area (Å²) in [5.41, 5.74) is 2.58. The van der Waals surface area contributed by atoms with E-state index in [0.717, 1.165) is 17.0 Å². The van der Waals surface area contributed by atoms with Gasteiger partial charge in [-0.1, -0.05) is 43.6 Å². The zero-order valence-electron chi connectivity index (χ0n) is 19.8. The Labute approximate surface area is 216 Å². The highest BCUT2D eigenvalue weighted by Crippen LogP contribution is 2.30. The highest BCUT2D eigenvalue weighted by atomic mass is 35.5. The van der Waals surface area contributed by atoms with Crippen molar-refractivity contribution >= 4 is 27.5 Å². The molecule has 36 heavy (non-hydrogen) atoms. The summed E-state index contributed by atoms with van der Waals surface area (Å²) in [5.74, 6) is 1.13. The molecule has 1 aromatic heterocycles. The van der Waals surface area contributed by atoms with Crippen molar-refractivity contribution in [1.29, 1.82) is 5.26 Å². The van der Waals surface area contributed by atoms with Crippen LogP contribution in [0.5, 0.6) is 5.75 Å². The summed E-state index contributed by atoms with van der Waals surface area (Å²) in [4.78, 5) is -0.404. The predicted octanol–water partition coefficient (Wildman–Crippen LogP) is 6.57. The lowest BCUT2D eigenvalue weighted by molar-refractivity contribution is 0.271. The van der Waals surface area contributed by atoms with Crippen molar-refractivity contribution in [3.63, 3.8) is 0 Å². The standard InChI is InChI=1S/C28H24ClN3O3S/c1-20(2)19-35-25-12-8-21(9-13-25)28-22(18-32(31-28)24-6-4-3-5-7-24)16-27(17-30)36(33,34)26-14-10-23(29)11-15-26/h3-16,18,20H,19H2,1-2H3. The number of aromatic nitrogens is 2. The van der Waals surface area contributed by atoms with E-state index in [0.29, 0.717) is 28.8 Å². The van der Waals surface area contributed by atoms with Gasteiger partial charge in [-0.3, -0.25) is 0 Å². The lowest BCUT2D eigenvalue weighted by Crippen LogP contribution is -2.04. The molecule has 182 valence electrons. The van der Waals surface area contributed by atoms with E-state index in [1.807, 2.05) is 60.7 Å². The number of hydrogen-bond donors (Lipinski definition) is 0. The minimum Gasteiger partial charge on any atom is -0.493 e. The van der Waals surface area contributed by atoms with Crippen LogP contribution in [0, 0.1) is 17.2 Å². The second kappa shape index (κ2) is 10.8. The van der Waals surface area contributed by atoms with E-state index in [1.165, 1.54) is 30.3 Å². The quantitative estimate of drug-likeness (QED) is 0.247. The fourth-order valence-electron chi connectivity index (χ4n) is 3.45. The van der Waals surface area contributed by atoms with Crippen LogP contribution in [0.2, 0.25) is 5.02 Å². The summed E-state index contributed by atoms with van der Waals surface area (Å²) in [6.07, 6.45) is 3.07. The summed E-state index contributed by atoms with van der Waals surface area (Å²) in [6.45, 7) is 4.76. The number of para-hydroxylation sites is 1. The normalized spacial score (nSPS) is 11.9. The molecule has 0 aliphatic heterocycles. The summed E-state index contributed by atoms with van der Waals surface area (Å²) in [5, 5.41) is 14.9. The molecule has 6 nitrogen and oxygen atoms in total. The topological polar surface area (TPSA) is 85.0 Å². The van der Waals surface area contributed by atoms with Gasteiger partial charge in [-0.25, -0.2) is 13.1 Å². The maximum Gasteiger partial charge on any atom is 0.216 e. The number of halogens is 1. The summed E-state index contributed by atoms with van der Waals surface area (Å²) in [7, 11) is -4.06. The van der Waals surface area contributed by atoms with E-state index in [9.17, 15) is 13.7 Å². The first kappa shape index (κ1) is 25.2. The summed E-state index contributed by atoms with van der Waals surface area (Å²) in [6, 6.07) is 24.5. The van der Waals surface area contributed by atoms with Gasteiger partial charge in [0.2, 0.25) is 9.84 Å². The van der Waals surface area contributed by atoms with Crippen molar-refractivity contribution in [2.75, 3.05) is 6.61 Å². The molecule has 0 radical (unpaired) electrons. The zero-order chi connectivity index (χ0) is 25.7. The Balaban J connectivity index is 1.80. The first-order valence-corrected chi connectivity index (χ1v) is 13.1. The van der Waals surface area contributed by atoms with Gasteiger partial charge in [0.15, 0.2) is 0 Å². The molecule has 8 heteroatoms. The smallest absolute Gasteiger partial charge is 0.216 e. The number of nitrogens with zero attached hydrogens (tertiary/aromatic N) is 3. The lowest BCUT2D eigenvalue weighted by atomic mass is 10.1. The molecular formula is C28H24ClN3O3S. The number of rotatable bonds is 8. The average molecular weight is 518 g/mol. The lowest BCUT2D eigenvalue weighted by Gasteiger charge is -2.09. The van der Waals surface area contributed by atoms with Crippen LogP contribution in [-0.4, -0.2) is 24.8 Å². The fourth-order valence-corrected chi connectivity index (χ4v) is 4.73. The van der Waals surface area contributed by atoms with Crippen molar-refractivity contribution in [1.82, 2.24) is 9.78 Å². The van der Waals surface area contributed by atoms with Crippen molar-refractivity contribution in [3.05, 3.63) is 101 Å². The van der Waals surface area contributed by atoms with Crippen LogP contribution in [-0.2, 0) is 9.84 Å². The zero-order valence-corrected chi connectivity index (χ0v) is 21.4. The van der Waals surface area contributed by atoms with Gasteiger partial charge in [0.05, 0.1) is 17.2 Å². The Kier molecular flexibility index (Phi) is 7.58. The average Bonchev–Trinajstić information content (AvgIpc) is 3.31. The summed E-state index contributed by atoms with van der Waals surface area (Å²) >= 11 is 5.91. The summed E-state index contributed by atoms with van der Waals surface area (Å²) < 4.78 is 33.8. The van der Waals surface area contributed by atoms with Crippen molar-refractivity contribution in [2.24, 2.45) is 5.92 Å². The third-order valence-corrected chi connectivity index (χ3v) is 7.22. The molecule has 0 amide bonds. The van der Waals surface area contributed by atoms with E-state index in [4.69, 9.17) is 21.4 Å². The molecule has 0 aliphatic carbocycles. The Bertz CT molecular complexity index is 1520. The van der Waals surface area contributed by atoms with Gasteiger partial charge in [-0.2, -0.15) is 10.4 Å². The Hall–Kier alpha value is -3.86. The second-order valence-corrected chi connectivity index (χ2v) is 10.9. The molecular weight excluding hydrogens is 494 g/mol. The fraction of sp³-hybridized carbons (Fsp3) is 0.143. The van der Waals surface area contributed by atoms with E-state index in [2.05, 4.69) is 13.8 Å². The van der Waals surface area contributed by atoms with Gasteiger partial charge in [0.1, 0.15) is 22.4 Å². The number of hydrogen-bond acceptors (Lipinski definition) is 5. The Morgan fingerprint density at radius 1 is 1.06 bits per heavy atom. The monoisotopic (exact) mass is 517 g/mol. The molecule has 0 fully saturated rings. The van der Waals surface area contributed by atoms with Crippen LogP contribution in [0.15, 0.2) is 94.9 Å². The van der Waals surface area contributed by atoms with Crippen LogP contribution < -0.4 is 4.74 Å². The minimum atomic E-state index is -4.06. The first-order valence-electron chi connectivity index (χ1n) is 11.3. The predicted molar refractivity (Wildman–Crippen MR) is 142 cm³/mol. The van der Waals surface area contributed by atoms with E-state index in [-0.39, 0.29) is 4.90 Å². The Morgan fingerprint density at radius 2 is 1.72 bits per heavy atom. The Morgan fingerprint density at radius 3 is 2.33 bits per heavy atom. The molecule has 0 saturated heterocycles. The van der Waals surface area contributed by atoms with Crippen LogP contribution in [0.25, 0.3) is 23.0 Å². The molecule has 0 saturated carbocycles. The molecule has 0 unspecified atom stereocenters. The second-order valence-electron chi connectivity index (χ2n) is 8.52. The molecule has 4 rings (SSSR count). The van der Waals surface area contributed by atoms with Gasteiger partial charge < -0.3 is 4.74 Å². The van der Waals surface area contributed by atoms with E-state index >= 15 is 0 Å². The number of benzene rings is 3. The van der Waals surface area contributed by atoms with Crippen LogP contribution in [0.3, 0.4) is 0 Å². The van der Waals surface area contributed by atoms with Gasteiger partial charge >= 0.3 is 0 Å².